The number of aryl methyl sites for hydroxylation is 1. The van der Waals surface area contributed by atoms with Gasteiger partial charge in [-0.25, -0.2) is 9.97 Å². The summed E-state index contributed by atoms with van der Waals surface area (Å²) in [7, 11) is 0. The molecule has 0 radical (unpaired) electrons. The van der Waals surface area contributed by atoms with E-state index >= 15 is 0 Å². The molecule has 6 nitrogen and oxygen atoms in total. The fraction of sp³-hybridized carbons (Fsp3) is 0.500. The molecule has 0 unspecified atom stereocenters. The van der Waals surface area contributed by atoms with Gasteiger partial charge in [0.1, 0.15) is 24.0 Å². The monoisotopic (exact) mass is 329 g/mol. The Morgan fingerprint density at radius 1 is 1.38 bits per heavy atom. The largest absolute Gasteiger partial charge is 0.461 e. The quantitative estimate of drug-likeness (QED) is 0.759. The molecule has 0 aromatic carbocycles. The minimum absolute atomic E-state index is 0.187. The molecule has 24 heavy (non-hydrogen) atoms. The lowest BCUT2D eigenvalue weighted by molar-refractivity contribution is -0.142. The van der Waals surface area contributed by atoms with Gasteiger partial charge in [-0.1, -0.05) is 6.92 Å². The Hall–Kier alpha value is -2.21. The molecule has 0 saturated carbocycles. The third-order valence-corrected chi connectivity index (χ3v) is 4.05. The fourth-order valence-corrected chi connectivity index (χ4v) is 2.87. The van der Waals surface area contributed by atoms with Gasteiger partial charge in [0.25, 0.3) is 0 Å². The molecule has 0 atom stereocenters. The molecule has 2 aromatic rings. The van der Waals surface area contributed by atoms with Gasteiger partial charge in [-0.2, -0.15) is 0 Å². The molecule has 0 spiro atoms. The molecule has 0 N–H and O–H groups in total. The van der Waals surface area contributed by atoms with Gasteiger partial charge in [-0.05, 0) is 18.6 Å². The first-order valence-corrected chi connectivity index (χ1v) is 8.41. The van der Waals surface area contributed by atoms with Crippen LogP contribution >= 0.6 is 0 Å². The summed E-state index contributed by atoms with van der Waals surface area (Å²) in [6.45, 7) is 6.24. The van der Waals surface area contributed by atoms with Crippen LogP contribution in [0.2, 0.25) is 0 Å². The average Bonchev–Trinajstić information content (AvgIpc) is 3.01. The molecule has 0 amide bonds. The van der Waals surface area contributed by atoms with Crippen molar-refractivity contribution in [2.24, 2.45) is 0 Å². The van der Waals surface area contributed by atoms with Crippen LogP contribution in [0.15, 0.2) is 22.7 Å². The summed E-state index contributed by atoms with van der Waals surface area (Å²) in [6.07, 6.45) is 4.91. The van der Waals surface area contributed by atoms with Gasteiger partial charge in [0.05, 0.1) is 6.54 Å². The SMILES string of the molecule is CCCc1ncc2c(n1)CCN(Cc1ccc(COC(C)=O)o1)C2. The van der Waals surface area contributed by atoms with E-state index in [1.165, 1.54) is 18.2 Å². The number of hydrogen-bond acceptors (Lipinski definition) is 6. The number of carbonyl (C=O) groups excluding carboxylic acids is 1. The summed E-state index contributed by atoms with van der Waals surface area (Å²) in [5, 5.41) is 0. The van der Waals surface area contributed by atoms with Crippen molar-refractivity contribution >= 4 is 5.97 Å². The van der Waals surface area contributed by atoms with Crippen molar-refractivity contribution in [3.8, 4) is 0 Å². The van der Waals surface area contributed by atoms with Crippen molar-refractivity contribution in [1.29, 1.82) is 0 Å². The van der Waals surface area contributed by atoms with E-state index in [1.54, 1.807) is 0 Å². The van der Waals surface area contributed by atoms with E-state index < -0.39 is 0 Å². The first-order chi connectivity index (χ1) is 11.6. The van der Waals surface area contributed by atoms with E-state index in [1.807, 2.05) is 18.3 Å². The predicted octanol–water partition coefficient (Wildman–Crippen LogP) is 2.64. The maximum atomic E-state index is 10.8. The maximum Gasteiger partial charge on any atom is 0.303 e. The summed E-state index contributed by atoms with van der Waals surface area (Å²) < 4.78 is 10.7. The first kappa shape index (κ1) is 16.6. The number of fused-ring (bicyclic) bond motifs is 1. The van der Waals surface area contributed by atoms with Gasteiger partial charge < -0.3 is 9.15 Å². The molecule has 6 heteroatoms. The summed E-state index contributed by atoms with van der Waals surface area (Å²) in [6, 6.07) is 3.80. The fourth-order valence-electron chi connectivity index (χ4n) is 2.87. The zero-order valence-corrected chi connectivity index (χ0v) is 14.2. The highest BCUT2D eigenvalue weighted by atomic mass is 16.5. The summed E-state index contributed by atoms with van der Waals surface area (Å²) in [5.74, 6) is 2.20. The Morgan fingerprint density at radius 3 is 3.00 bits per heavy atom. The van der Waals surface area contributed by atoms with Gasteiger partial charge in [0.2, 0.25) is 0 Å². The molecule has 0 fully saturated rings. The van der Waals surface area contributed by atoms with E-state index in [-0.39, 0.29) is 12.6 Å². The van der Waals surface area contributed by atoms with Crippen LogP contribution in [0.1, 0.15) is 48.9 Å². The van der Waals surface area contributed by atoms with Crippen molar-refractivity contribution in [2.45, 2.75) is 52.8 Å². The van der Waals surface area contributed by atoms with Crippen molar-refractivity contribution in [3.63, 3.8) is 0 Å². The second kappa shape index (κ2) is 7.57. The Bertz CT molecular complexity index is 711. The Balaban J connectivity index is 1.59. The number of ether oxygens (including phenoxy) is 1. The molecule has 0 bridgehead atoms. The van der Waals surface area contributed by atoms with Crippen molar-refractivity contribution in [2.75, 3.05) is 6.54 Å². The minimum atomic E-state index is -0.303. The zero-order chi connectivity index (χ0) is 16.9. The van der Waals surface area contributed by atoms with E-state index in [0.29, 0.717) is 5.76 Å². The zero-order valence-electron chi connectivity index (χ0n) is 14.2. The van der Waals surface area contributed by atoms with E-state index in [2.05, 4.69) is 21.8 Å². The summed E-state index contributed by atoms with van der Waals surface area (Å²) >= 11 is 0. The van der Waals surface area contributed by atoms with Crippen LogP contribution in [0.5, 0.6) is 0 Å². The smallest absolute Gasteiger partial charge is 0.303 e. The maximum absolute atomic E-state index is 10.8. The normalized spacial score (nSPS) is 14.4. The van der Waals surface area contributed by atoms with E-state index in [9.17, 15) is 4.79 Å². The average molecular weight is 329 g/mol. The summed E-state index contributed by atoms with van der Waals surface area (Å²) in [4.78, 5) is 22.3. The molecule has 128 valence electrons. The Kier molecular flexibility index (Phi) is 5.25. The minimum Gasteiger partial charge on any atom is -0.461 e. The van der Waals surface area contributed by atoms with Crippen molar-refractivity contribution < 1.29 is 13.9 Å². The highest BCUT2D eigenvalue weighted by molar-refractivity contribution is 5.65. The van der Waals surface area contributed by atoms with Crippen molar-refractivity contribution in [1.82, 2.24) is 14.9 Å². The number of carbonyl (C=O) groups is 1. The number of rotatable bonds is 6. The van der Waals surface area contributed by atoms with Crippen LogP contribution in [-0.4, -0.2) is 27.4 Å². The second-order valence-corrected chi connectivity index (χ2v) is 6.12. The lowest BCUT2D eigenvalue weighted by Gasteiger charge is -2.27. The highest BCUT2D eigenvalue weighted by Crippen LogP contribution is 2.20. The number of nitrogens with zero attached hydrogens (tertiary/aromatic N) is 3. The molecule has 1 aliphatic rings. The van der Waals surface area contributed by atoms with Crippen LogP contribution in [0.3, 0.4) is 0 Å². The molecular formula is C18H23N3O3. The third-order valence-electron chi connectivity index (χ3n) is 4.05. The Labute approximate surface area is 141 Å². The number of hydrogen-bond donors (Lipinski definition) is 0. The molecule has 1 aliphatic heterocycles. The van der Waals surface area contributed by atoms with Crippen LogP contribution in [0.25, 0.3) is 0 Å². The Morgan fingerprint density at radius 2 is 2.21 bits per heavy atom. The van der Waals surface area contributed by atoms with Crippen LogP contribution < -0.4 is 0 Å². The lowest BCUT2D eigenvalue weighted by atomic mass is 10.1. The highest BCUT2D eigenvalue weighted by Gasteiger charge is 2.19. The molecule has 3 rings (SSSR count). The number of furan rings is 1. The van der Waals surface area contributed by atoms with E-state index in [0.717, 1.165) is 50.5 Å². The second-order valence-electron chi connectivity index (χ2n) is 6.12. The van der Waals surface area contributed by atoms with Crippen LogP contribution in [0, 0.1) is 0 Å². The van der Waals surface area contributed by atoms with Gasteiger partial charge >= 0.3 is 5.97 Å². The molecule has 0 aliphatic carbocycles. The van der Waals surface area contributed by atoms with Gasteiger partial charge in [0.15, 0.2) is 0 Å². The van der Waals surface area contributed by atoms with Gasteiger partial charge in [-0.15, -0.1) is 0 Å². The van der Waals surface area contributed by atoms with Gasteiger partial charge in [-0.3, -0.25) is 9.69 Å². The standard InChI is InChI=1S/C18H23N3O3/c1-3-4-18-19-9-14-10-21(8-7-17(14)20-18)11-15-5-6-16(24-15)12-23-13(2)22/h5-6,9H,3-4,7-8,10-12H2,1-2H3. The molecule has 2 aromatic heterocycles. The van der Waals surface area contributed by atoms with Crippen LogP contribution in [-0.2, 0) is 42.1 Å². The lowest BCUT2D eigenvalue weighted by Crippen LogP contribution is -2.31. The topological polar surface area (TPSA) is 68.5 Å². The summed E-state index contributed by atoms with van der Waals surface area (Å²) in [5.41, 5.74) is 2.38. The third kappa shape index (κ3) is 4.20. The predicted molar refractivity (Wildman–Crippen MR) is 88.0 cm³/mol. The molecular weight excluding hydrogens is 306 g/mol. The molecule has 3 heterocycles. The number of aromatic nitrogens is 2. The first-order valence-electron chi connectivity index (χ1n) is 8.41. The van der Waals surface area contributed by atoms with E-state index in [4.69, 9.17) is 9.15 Å². The van der Waals surface area contributed by atoms with Gasteiger partial charge in [0, 0.05) is 50.3 Å². The number of esters is 1. The van der Waals surface area contributed by atoms with Crippen LogP contribution in [0.4, 0.5) is 0 Å². The van der Waals surface area contributed by atoms with Crippen molar-refractivity contribution in [3.05, 3.63) is 46.9 Å². The molecule has 0 saturated heterocycles.